The third-order valence-electron chi connectivity index (χ3n) is 4.06. The Hall–Kier alpha value is -3.26. The van der Waals surface area contributed by atoms with Crippen LogP contribution in [0.1, 0.15) is 21.5 Å². The van der Waals surface area contributed by atoms with Crippen LogP contribution in [0.3, 0.4) is 0 Å². The number of phenolic OH excluding ortho intramolecular Hbond substituents is 1. The van der Waals surface area contributed by atoms with Gasteiger partial charge in [0.1, 0.15) is 0 Å². The Labute approximate surface area is 165 Å². The summed E-state index contributed by atoms with van der Waals surface area (Å²) >= 11 is 0.832. The van der Waals surface area contributed by atoms with Gasteiger partial charge in [0.15, 0.2) is 11.5 Å². The second-order valence-corrected chi connectivity index (χ2v) is 6.88. The summed E-state index contributed by atoms with van der Waals surface area (Å²) in [5.41, 5.74) is 1.60. The summed E-state index contributed by atoms with van der Waals surface area (Å²) < 4.78 is 9.74. The van der Waals surface area contributed by atoms with Crippen LogP contribution in [-0.4, -0.2) is 41.3 Å². The molecule has 0 radical (unpaired) electrons. The fourth-order valence-corrected chi connectivity index (χ4v) is 3.51. The zero-order valence-corrected chi connectivity index (χ0v) is 16.0. The Bertz CT molecular complexity index is 984. The third kappa shape index (κ3) is 4.01. The fourth-order valence-electron chi connectivity index (χ4n) is 2.67. The van der Waals surface area contributed by atoms with Crippen molar-refractivity contribution in [1.29, 1.82) is 0 Å². The van der Waals surface area contributed by atoms with Crippen LogP contribution in [0.25, 0.3) is 6.08 Å². The van der Waals surface area contributed by atoms with Gasteiger partial charge < -0.3 is 14.6 Å². The van der Waals surface area contributed by atoms with E-state index in [0.29, 0.717) is 16.7 Å². The van der Waals surface area contributed by atoms with E-state index in [1.165, 1.54) is 20.3 Å². The van der Waals surface area contributed by atoms with Crippen molar-refractivity contribution in [3.8, 4) is 11.5 Å². The molecule has 1 aliphatic rings. The number of amides is 2. The monoisotopic (exact) mass is 399 g/mol. The minimum Gasteiger partial charge on any atom is -0.504 e. The molecule has 0 saturated carbocycles. The molecule has 144 valence electrons. The molecule has 7 nitrogen and oxygen atoms in total. The van der Waals surface area contributed by atoms with Crippen molar-refractivity contribution in [3.63, 3.8) is 0 Å². The average molecular weight is 399 g/mol. The SMILES string of the molecule is COC(=O)c1cccc(CN2C(=O)SC(=Cc3ccc(O)c(OC)c3)C2=O)c1. The minimum atomic E-state index is -0.489. The van der Waals surface area contributed by atoms with Gasteiger partial charge in [-0.1, -0.05) is 18.2 Å². The van der Waals surface area contributed by atoms with Gasteiger partial charge in [-0.15, -0.1) is 0 Å². The molecule has 28 heavy (non-hydrogen) atoms. The molecule has 1 aliphatic heterocycles. The fraction of sp³-hybridized carbons (Fsp3) is 0.150. The second kappa shape index (κ2) is 8.18. The van der Waals surface area contributed by atoms with Crippen LogP contribution < -0.4 is 4.74 Å². The van der Waals surface area contributed by atoms with Gasteiger partial charge in [-0.3, -0.25) is 14.5 Å². The molecule has 0 aliphatic carbocycles. The van der Waals surface area contributed by atoms with Gasteiger partial charge in [-0.2, -0.15) is 0 Å². The topological polar surface area (TPSA) is 93.1 Å². The zero-order chi connectivity index (χ0) is 20.3. The molecule has 0 bridgehead atoms. The lowest BCUT2D eigenvalue weighted by Gasteiger charge is -2.13. The van der Waals surface area contributed by atoms with E-state index >= 15 is 0 Å². The maximum atomic E-state index is 12.7. The second-order valence-electron chi connectivity index (χ2n) is 5.89. The summed E-state index contributed by atoms with van der Waals surface area (Å²) in [6.07, 6.45) is 1.57. The predicted octanol–water partition coefficient (Wildman–Crippen LogP) is 3.42. The summed E-state index contributed by atoms with van der Waals surface area (Å²) in [6, 6.07) is 11.2. The number of nitrogens with zero attached hydrogens (tertiary/aromatic N) is 1. The van der Waals surface area contributed by atoms with Crippen LogP contribution in [0.15, 0.2) is 47.4 Å². The van der Waals surface area contributed by atoms with Crippen molar-refractivity contribution in [3.05, 3.63) is 64.1 Å². The molecule has 1 fully saturated rings. The van der Waals surface area contributed by atoms with Gasteiger partial charge in [0.2, 0.25) is 0 Å². The maximum absolute atomic E-state index is 12.7. The van der Waals surface area contributed by atoms with Gasteiger partial charge in [0, 0.05) is 0 Å². The molecule has 3 rings (SSSR count). The standard InChI is InChI=1S/C20H17NO6S/c1-26-16-9-12(6-7-15(16)22)10-17-18(23)21(20(25)28-17)11-13-4-3-5-14(8-13)19(24)27-2/h3-10,22H,11H2,1-2H3. The number of carbonyl (C=O) groups is 3. The van der Waals surface area contributed by atoms with Crippen LogP contribution in [0.2, 0.25) is 0 Å². The smallest absolute Gasteiger partial charge is 0.337 e. The van der Waals surface area contributed by atoms with E-state index in [1.807, 2.05) is 0 Å². The van der Waals surface area contributed by atoms with Crippen molar-refractivity contribution in [2.24, 2.45) is 0 Å². The minimum absolute atomic E-state index is 0.0155. The summed E-state index contributed by atoms with van der Waals surface area (Å²) in [5, 5.41) is 9.26. The highest BCUT2D eigenvalue weighted by atomic mass is 32.2. The summed E-state index contributed by atoms with van der Waals surface area (Å²) in [6.45, 7) is 0.0474. The first-order valence-electron chi connectivity index (χ1n) is 8.22. The highest BCUT2D eigenvalue weighted by Crippen LogP contribution is 2.35. The number of thioether (sulfide) groups is 1. The van der Waals surface area contributed by atoms with E-state index in [9.17, 15) is 19.5 Å². The molecule has 0 unspecified atom stereocenters. The zero-order valence-electron chi connectivity index (χ0n) is 15.2. The number of methoxy groups -OCH3 is 2. The van der Waals surface area contributed by atoms with Gasteiger partial charge in [-0.05, 0) is 53.2 Å². The predicted molar refractivity (Wildman–Crippen MR) is 104 cm³/mol. The highest BCUT2D eigenvalue weighted by Gasteiger charge is 2.35. The van der Waals surface area contributed by atoms with Gasteiger partial charge in [-0.25, -0.2) is 4.79 Å². The Balaban J connectivity index is 1.81. The van der Waals surface area contributed by atoms with E-state index in [1.54, 1.807) is 42.5 Å². The Morgan fingerprint density at radius 1 is 1.18 bits per heavy atom. The van der Waals surface area contributed by atoms with E-state index < -0.39 is 17.1 Å². The van der Waals surface area contributed by atoms with E-state index in [2.05, 4.69) is 4.74 Å². The molecule has 0 atom stereocenters. The van der Waals surface area contributed by atoms with Crippen molar-refractivity contribution in [2.45, 2.75) is 6.54 Å². The average Bonchev–Trinajstić information content (AvgIpc) is 2.96. The number of hydrogen-bond donors (Lipinski definition) is 1. The quantitative estimate of drug-likeness (QED) is 0.608. The number of aromatic hydroxyl groups is 1. The number of ether oxygens (including phenoxy) is 2. The molecule has 2 aromatic rings. The number of phenols is 1. The van der Waals surface area contributed by atoms with Crippen molar-refractivity contribution < 1.29 is 29.0 Å². The van der Waals surface area contributed by atoms with Crippen molar-refractivity contribution >= 4 is 35.0 Å². The summed E-state index contributed by atoms with van der Waals surface area (Å²) in [4.78, 5) is 38.0. The first-order valence-corrected chi connectivity index (χ1v) is 9.04. The first-order chi connectivity index (χ1) is 13.4. The largest absolute Gasteiger partial charge is 0.504 e. The van der Waals surface area contributed by atoms with Crippen LogP contribution in [-0.2, 0) is 16.1 Å². The maximum Gasteiger partial charge on any atom is 0.337 e. The lowest BCUT2D eigenvalue weighted by Crippen LogP contribution is -2.27. The molecule has 1 saturated heterocycles. The number of hydrogen-bond acceptors (Lipinski definition) is 7. The Morgan fingerprint density at radius 2 is 1.96 bits per heavy atom. The molecular formula is C20H17NO6S. The van der Waals surface area contributed by atoms with E-state index in [0.717, 1.165) is 16.7 Å². The number of esters is 1. The number of benzene rings is 2. The molecule has 1 heterocycles. The Morgan fingerprint density at radius 3 is 2.68 bits per heavy atom. The molecule has 0 aromatic heterocycles. The number of imide groups is 1. The third-order valence-corrected chi connectivity index (χ3v) is 4.97. The van der Waals surface area contributed by atoms with Gasteiger partial charge >= 0.3 is 5.97 Å². The lowest BCUT2D eigenvalue weighted by atomic mass is 10.1. The highest BCUT2D eigenvalue weighted by molar-refractivity contribution is 8.18. The molecule has 0 spiro atoms. The van der Waals surface area contributed by atoms with Crippen LogP contribution >= 0.6 is 11.8 Å². The molecule has 8 heteroatoms. The van der Waals surface area contributed by atoms with E-state index in [4.69, 9.17) is 4.74 Å². The van der Waals surface area contributed by atoms with Crippen molar-refractivity contribution in [1.82, 2.24) is 4.90 Å². The number of carbonyl (C=O) groups excluding carboxylic acids is 3. The summed E-state index contributed by atoms with van der Waals surface area (Å²) in [7, 11) is 2.71. The van der Waals surface area contributed by atoms with Crippen LogP contribution in [0, 0.1) is 0 Å². The first kappa shape index (κ1) is 19.5. The molecular weight excluding hydrogens is 382 g/mol. The summed E-state index contributed by atoms with van der Waals surface area (Å²) in [5.74, 6) is -0.659. The normalized spacial score (nSPS) is 15.2. The van der Waals surface area contributed by atoms with E-state index in [-0.39, 0.29) is 22.9 Å². The van der Waals surface area contributed by atoms with Crippen LogP contribution in [0.5, 0.6) is 11.5 Å². The lowest BCUT2D eigenvalue weighted by molar-refractivity contribution is -0.123. The van der Waals surface area contributed by atoms with Gasteiger partial charge in [0.25, 0.3) is 11.1 Å². The van der Waals surface area contributed by atoms with Gasteiger partial charge in [0.05, 0.1) is 31.2 Å². The molecule has 1 N–H and O–H groups in total. The molecule has 2 amide bonds. The van der Waals surface area contributed by atoms with Crippen molar-refractivity contribution in [2.75, 3.05) is 14.2 Å². The Kier molecular flexibility index (Phi) is 5.70. The van der Waals surface area contributed by atoms with Crippen LogP contribution in [0.4, 0.5) is 4.79 Å². The molecule has 2 aromatic carbocycles. The number of rotatable bonds is 5.